The maximum atomic E-state index is 12.5. The van der Waals surface area contributed by atoms with E-state index in [0.717, 1.165) is 16.0 Å². The molecule has 2 aromatic carbocycles. The minimum atomic E-state index is -0.442. The van der Waals surface area contributed by atoms with Crippen molar-refractivity contribution >= 4 is 29.6 Å². The topological polar surface area (TPSA) is 58.6 Å². The molecular formula is C20H17ClN2O3. The highest BCUT2D eigenvalue weighted by atomic mass is 35.5. The average molecular weight is 369 g/mol. The molecule has 3 amide bonds. The van der Waals surface area contributed by atoms with Crippen molar-refractivity contribution in [3.63, 3.8) is 0 Å². The summed E-state index contributed by atoms with van der Waals surface area (Å²) >= 11 is 5.86. The van der Waals surface area contributed by atoms with E-state index >= 15 is 0 Å². The first-order valence-corrected chi connectivity index (χ1v) is 8.37. The quantitative estimate of drug-likeness (QED) is 0.476. The monoisotopic (exact) mass is 368 g/mol. The van der Waals surface area contributed by atoms with E-state index in [1.807, 2.05) is 12.1 Å². The van der Waals surface area contributed by atoms with Gasteiger partial charge in [-0.2, -0.15) is 0 Å². The van der Waals surface area contributed by atoms with Gasteiger partial charge in [-0.15, -0.1) is 0 Å². The van der Waals surface area contributed by atoms with Crippen LogP contribution in [0.1, 0.15) is 11.1 Å². The van der Waals surface area contributed by atoms with Crippen molar-refractivity contribution in [2.45, 2.75) is 6.54 Å². The van der Waals surface area contributed by atoms with Crippen molar-refractivity contribution in [2.75, 3.05) is 6.61 Å². The zero-order valence-corrected chi connectivity index (χ0v) is 14.7. The third-order valence-electron chi connectivity index (χ3n) is 3.78. The number of nitrogens with zero attached hydrogens (tertiary/aromatic N) is 1. The number of imide groups is 1. The number of halogens is 1. The lowest BCUT2D eigenvalue weighted by Gasteiger charge is -2.11. The molecular weight excluding hydrogens is 352 g/mol. The second kappa shape index (κ2) is 7.89. The van der Waals surface area contributed by atoms with Gasteiger partial charge < -0.3 is 10.1 Å². The first-order valence-electron chi connectivity index (χ1n) is 7.99. The largest absolute Gasteiger partial charge is 0.490 e. The van der Waals surface area contributed by atoms with Gasteiger partial charge in [-0.1, -0.05) is 48.5 Å². The predicted octanol–water partition coefficient (Wildman–Crippen LogP) is 4.00. The number of ether oxygens (including phenoxy) is 1. The first kappa shape index (κ1) is 17.8. The molecule has 1 aliphatic rings. The van der Waals surface area contributed by atoms with E-state index in [0.29, 0.717) is 17.4 Å². The van der Waals surface area contributed by atoms with Crippen molar-refractivity contribution in [2.24, 2.45) is 0 Å². The molecule has 132 valence electrons. The number of rotatable bonds is 6. The Kier molecular flexibility index (Phi) is 5.39. The molecule has 0 bridgehead atoms. The molecule has 6 heteroatoms. The van der Waals surface area contributed by atoms with E-state index in [1.165, 1.54) is 0 Å². The summed E-state index contributed by atoms with van der Waals surface area (Å²) < 4.78 is 5.42. The third-order valence-corrected chi connectivity index (χ3v) is 4.03. The van der Waals surface area contributed by atoms with E-state index in [2.05, 4.69) is 11.9 Å². The van der Waals surface area contributed by atoms with Crippen molar-refractivity contribution in [1.82, 2.24) is 10.2 Å². The number of carbonyl (C=O) groups excluding carboxylic acids is 2. The summed E-state index contributed by atoms with van der Waals surface area (Å²) in [7, 11) is 0. The van der Waals surface area contributed by atoms with Crippen LogP contribution in [0.15, 0.2) is 66.9 Å². The number of carbonyl (C=O) groups is 2. The molecule has 1 N–H and O–H groups in total. The molecule has 0 atom stereocenters. The van der Waals surface area contributed by atoms with Crippen LogP contribution in [0.4, 0.5) is 4.79 Å². The first-order chi connectivity index (χ1) is 12.6. The molecule has 5 nitrogen and oxygen atoms in total. The zero-order valence-electron chi connectivity index (χ0n) is 13.9. The summed E-state index contributed by atoms with van der Waals surface area (Å²) in [6.45, 7) is 4.21. The van der Waals surface area contributed by atoms with Gasteiger partial charge in [0.25, 0.3) is 5.91 Å². The van der Waals surface area contributed by atoms with Crippen LogP contribution >= 0.6 is 11.6 Å². The number of hydrogen-bond donors (Lipinski definition) is 1. The Balaban J connectivity index is 1.72. The zero-order chi connectivity index (χ0) is 18.5. The summed E-state index contributed by atoms with van der Waals surface area (Å²) in [5, 5.41) is 3.21. The van der Waals surface area contributed by atoms with Crippen molar-refractivity contribution in [3.8, 4) is 5.75 Å². The lowest BCUT2D eigenvalue weighted by Crippen LogP contribution is -2.30. The Labute approximate surface area is 156 Å². The van der Waals surface area contributed by atoms with Crippen LogP contribution in [0.25, 0.3) is 6.08 Å². The minimum absolute atomic E-state index is 0.188. The highest BCUT2D eigenvalue weighted by molar-refractivity contribution is 6.30. The lowest BCUT2D eigenvalue weighted by molar-refractivity contribution is -0.123. The molecule has 1 aliphatic heterocycles. The maximum absolute atomic E-state index is 12.5. The Bertz CT molecular complexity index is 858. The number of benzene rings is 2. The van der Waals surface area contributed by atoms with Crippen LogP contribution in [0.3, 0.4) is 0 Å². The van der Waals surface area contributed by atoms with Gasteiger partial charge >= 0.3 is 6.03 Å². The molecule has 1 fully saturated rings. The molecule has 0 aromatic heterocycles. The van der Waals surface area contributed by atoms with Crippen LogP contribution in [-0.2, 0) is 11.3 Å². The van der Waals surface area contributed by atoms with Crippen LogP contribution in [0.2, 0.25) is 5.02 Å². The Hall–Kier alpha value is -3.05. The molecule has 26 heavy (non-hydrogen) atoms. The summed E-state index contributed by atoms with van der Waals surface area (Å²) in [6.07, 6.45) is 3.30. The minimum Gasteiger partial charge on any atom is -0.490 e. The molecule has 0 unspecified atom stereocenters. The van der Waals surface area contributed by atoms with E-state index in [1.54, 1.807) is 48.6 Å². The van der Waals surface area contributed by atoms with E-state index < -0.39 is 6.03 Å². The molecule has 0 aliphatic carbocycles. The number of amides is 3. The summed E-state index contributed by atoms with van der Waals surface area (Å²) in [5.74, 6) is 0.343. The van der Waals surface area contributed by atoms with Crippen molar-refractivity contribution in [1.29, 1.82) is 0 Å². The average Bonchev–Trinajstić information content (AvgIpc) is 2.90. The van der Waals surface area contributed by atoms with E-state index in [-0.39, 0.29) is 18.1 Å². The molecule has 2 aromatic rings. The third kappa shape index (κ3) is 4.13. The van der Waals surface area contributed by atoms with Gasteiger partial charge in [0.05, 0.1) is 6.54 Å². The van der Waals surface area contributed by atoms with Gasteiger partial charge in [-0.3, -0.25) is 9.69 Å². The van der Waals surface area contributed by atoms with Crippen LogP contribution in [-0.4, -0.2) is 23.4 Å². The standard InChI is InChI=1S/C20H17ClN2O3/c1-2-11-26-17-9-5-14(6-10-17)12-18-19(24)23(20(25)22-18)13-15-3-7-16(21)8-4-15/h2-10,12H,1,11,13H2,(H,22,25). The van der Waals surface area contributed by atoms with E-state index in [4.69, 9.17) is 16.3 Å². The van der Waals surface area contributed by atoms with Crippen molar-refractivity contribution < 1.29 is 14.3 Å². The number of urea groups is 1. The molecule has 0 spiro atoms. The van der Waals surface area contributed by atoms with Crippen LogP contribution < -0.4 is 10.1 Å². The number of nitrogens with one attached hydrogen (secondary N) is 1. The fraction of sp³-hybridized carbons (Fsp3) is 0.100. The highest BCUT2D eigenvalue weighted by Gasteiger charge is 2.33. The second-order valence-corrected chi connectivity index (χ2v) is 6.11. The normalized spacial score (nSPS) is 15.3. The van der Waals surface area contributed by atoms with Gasteiger partial charge in [0, 0.05) is 5.02 Å². The highest BCUT2D eigenvalue weighted by Crippen LogP contribution is 2.19. The van der Waals surface area contributed by atoms with Gasteiger partial charge in [0.15, 0.2) is 0 Å². The van der Waals surface area contributed by atoms with Crippen LogP contribution in [0, 0.1) is 0 Å². The van der Waals surface area contributed by atoms with Crippen LogP contribution in [0.5, 0.6) is 5.75 Å². The fourth-order valence-electron chi connectivity index (χ4n) is 2.47. The molecule has 3 rings (SSSR count). The molecule has 1 saturated heterocycles. The van der Waals surface area contributed by atoms with Gasteiger partial charge in [0.2, 0.25) is 0 Å². The SMILES string of the molecule is C=CCOc1ccc(C=C2NC(=O)N(Cc3ccc(Cl)cc3)C2=O)cc1. The fourth-order valence-corrected chi connectivity index (χ4v) is 2.60. The van der Waals surface area contributed by atoms with Gasteiger partial charge in [-0.05, 0) is 41.5 Å². The summed E-state index contributed by atoms with van der Waals surface area (Å²) in [6, 6.07) is 13.8. The Morgan fingerprint density at radius 2 is 1.77 bits per heavy atom. The lowest BCUT2D eigenvalue weighted by atomic mass is 10.1. The number of hydrogen-bond acceptors (Lipinski definition) is 3. The van der Waals surface area contributed by atoms with Gasteiger partial charge in [0.1, 0.15) is 18.1 Å². The predicted molar refractivity (Wildman–Crippen MR) is 101 cm³/mol. The summed E-state index contributed by atoms with van der Waals surface area (Å²) in [4.78, 5) is 25.8. The van der Waals surface area contributed by atoms with Gasteiger partial charge in [-0.25, -0.2) is 4.79 Å². The molecule has 0 saturated carbocycles. The molecule has 1 heterocycles. The Morgan fingerprint density at radius 3 is 2.42 bits per heavy atom. The van der Waals surface area contributed by atoms with Crippen molar-refractivity contribution in [3.05, 3.63) is 83.0 Å². The Morgan fingerprint density at radius 1 is 1.08 bits per heavy atom. The molecule has 0 radical (unpaired) electrons. The second-order valence-electron chi connectivity index (χ2n) is 5.67. The van der Waals surface area contributed by atoms with E-state index in [9.17, 15) is 9.59 Å². The maximum Gasteiger partial charge on any atom is 0.329 e. The smallest absolute Gasteiger partial charge is 0.329 e. The summed E-state index contributed by atoms with van der Waals surface area (Å²) in [5.41, 5.74) is 1.85.